The quantitative estimate of drug-likeness (QED) is 0.0830. The molecule has 0 unspecified atom stereocenters. The Hall–Kier alpha value is -0.610. The van der Waals surface area contributed by atoms with Crippen LogP contribution in [0.25, 0.3) is 0 Å². The molecular formula is C32H62O8. The van der Waals surface area contributed by atoms with Crippen molar-refractivity contribution in [2.45, 2.75) is 185 Å². The summed E-state index contributed by atoms with van der Waals surface area (Å²) in [5.74, 6) is 0.101. The minimum absolute atomic E-state index is 0.0638. The average molecular weight is 575 g/mol. The first-order valence-corrected chi connectivity index (χ1v) is 16.5. The van der Waals surface area contributed by atoms with Gasteiger partial charge in [-0.1, -0.05) is 116 Å². The minimum atomic E-state index is -1.47. The molecule has 1 heterocycles. The van der Waals surface area contributed by atoms with Crippen molar-refractivity contribution in [3.63, 3.8) is 0 Å². The summed E-state index contributed by atoms with van der Waals surface area (Å²) < 4.78 is 10.7. The Balaban J connectivity index is 1.80. The Kier molecular flexibility index (Phi) is 23.3. The summed E-state index contributed by atoms with van der Waals surface area (Å²) in [4.78, 5) is 12.1. The largest absolute Gasteiger partial charge is 0.394 e. The highest BCUT2D eigenvalue weighted by molar-refractivity contribution is 5.78. The fourth-order valence-electron chi connectivity index (χ4n) is 5.39. The van der Waals surface area contributed by atoms with Gasteiger partial charge in [0.2, 0.25) is 0 Å². The highest BCUT2D eigenvalue weighted by Gasteiger charge is 2.43. The summed E-state index contributed by atoms with van der Waals surface area (Å²) in [5, 5.41) is 48.0. The zero-order valence-electron chi connectivity index (χ0n) is 25.4. The van der Waals surface area contributed by atoms with Crippen molar-refractivity contribution in [1.29, 1.82) is 0 Å². The summed E-state index contributed by atoms with van der Waals surface area (Å²) >= 11 is 0. The van der Waals surface area contributed by atoms with E-state index in [0.717, 1.165) is 25.7 Å². The van der Waals surface area contributed by atoms with Gasteiger partial charge < -0.3 is 35.0 Å². The maximum atomic E-state index is 12.1. The lowest BCUT2D eigenvalue weighted by Gasteiger charge is -2.39. The third kappa shape index (κ3) is 18.7. The third-order valence-corrected chi connectivity index (χ3v) is 8.09. The number of aliphatic hydroxyl groups excluding tert-OH is 5. The molecule has 0 aliphatic carbocycles. The first-order valence-electron chi connectivity index (χ1n) is 16.5. The Morgan fingerprint density at radius 2 is 1.07 bits per heavy atom. The van der Waals surface area contributed by atoms with Crippen molar-refractivity contribution < 1.29 is 39.8 Å². The normalized spacial score (nSPS) is 23.9. The Morgan fingerprint density at radius 1 is 0.650 bits per heavy atom. The number of ether oxygens (including phenoxy) is 2. The van der Waals surface area contributed by atoms with Crippen molar-refractivity contribution in [3.8, 4) is 0 Å². The van der Waals surface area contributed by atoms with Crippen LogP contribution >= 0.6 is 0 Å². The minimum Gasteiger partial charge on any atom is -0.394 e. The second-order valence-electron chi connectivity index (χ2n) is 12.0. The molecule has 5 N–H and O–H groups in total. The van der Waals surface area contributed by atoms with Crippen LogP contribution in [0.1, 0.15) is 148 Å². The molecule has 8 heteroatoms. The van der Waals surface area contributed by atoms with Crippen LogP contribution in [0, 0.1) is 0 Å². The third-order valence-electron chi connectivity index (χ3n) is 8.09. The van der Waals surface area contributed by atoms with E-state index >= 15 is 0 Å². The molecule has 0 bridgehead atoms. The topological polar surface area (TPSA) is 137 Å². The van der Waals surface area contributed by atoms with Crippen molar-refractivity contribution in [1.82, 2.24) is 0 Å². The van der Waals surface area contributed by atoms with Crippen LogP contribution < -0.4 is 0 Å². The van der Waals surface area contributed by atoms with Crippen molar-refractivity contribution in [2.75, 3.05) is 13.2 Å². The van der Waals surface area contributed by atoms with Crippen LogP contribution in [0.2, 0.25) is 0 Å². The molecule has 0 saturated carbocycles. The predicted octanol–water partition coefficient (Wildman–Crippen LogP) is 5.34. The first kappa shape index (κ1) is 37.4. The van der Waals surface area contributed by atoms with Gasteiger partial charge >= 0.3 is 0 Å². The van der Waals surface area contributed by atoms with E-state index in [1.165, 1.54) is 103 Å². The Labute approximate surface area is 243 Å². The van der Waals surface area contributed by atoms with E-state index in [0.29, 0.717) is 6.42 Å². The molecule has 8 nitrogen and oxygen atoms in total. The van der Waals surface area contributed by atoms with Gasteiger partial charge in [-0.25, -0.2) is 0 Å². The first-order chi connectivity index (χ1) is 19.4. The molecule has 1 fully saturated rings. The van der Waals surface area contributed by atoms with Gasteiger partial charge in [0.25, 0.3) is 0 Å². The Morgan fingerprint density at radius 3 is 1.50 bits per heavy atom. The average Bonchev–Trinajstić information content (AvgIpc) is 2.93. The van der Waals surface area contributed by atoms with E-state index in [-0.39, 0.29) is 24.9 Å². The standard InChI is InChI=1S/C32H62O8/c1-26(34)21-19-17-15-13-11-9-7-5-3-2-4-6-8-10-12-14-16-18-20-22-27(35)23-24-39-32-31(38)30(37)29(36)28(25-33)40-32/h26,28-34,36-38H,2-25H2,1H3/t26-,28-,29-,30+,31-,32-/m1/s1. The molecular weight excluding hydrogens is 512 g/mol. The van der Waals surface area contributed by atoms with E-state index in [1.54, 1.807) is 0 Å². The summed E-state index contributed by atoms with van der Waals surface area (Å²) in [7, 11) is 0. The number of hydrogen-bond donors (Lipinski definition) is 5. The molecule has 40 heavy (non-hydrogen) atoms. The molecule has 0 amide bonds. The van der Waals surface area contributed by atoms with Crippen LogP contribution in [0.5, 0.6) is 0 Å². The molecule has 0 spiro atoms. The lowest BCUT2D eigenvalue weighted by molar-refractivity contribution is -0.300. The zero-order valence-corrected chi connectivity index (χ0v) is 25.4. The molecule has 6 atom stereocenters. The highest BCUT2D eigenvalue weighted by atomic mass is 16.7. The smallest absolute Gasteiger partial charge is 0.186 e. The number of carbonyl (C=O) groups is 1. The molecule has 238 valence electrons. The molecule has 1 aliphatic rings. The van der Waals surface area contributed by atoms with Crippen LogP contribution in [0.3, 0.4) is 0 Å². The summed E-state index contributed by atoms with van der Waals surface area (Å²) in [6.07, 6.45) is 19.4. The van der Waals surface area contributed by atoms with Gasteiger partial charge in [0.1, 0.15) is 30.2 Å². The number of Topliss-reactive ketones (excluding diaryl/α,β-unsaturated/α-hetero) is 1. The lowest BCUT2D eigenvalue weighted by atomic mass is 9.99. The van der Waals surface area contributed by atoms with Crippen LogP contribution in [0.4, 0.5) is 0 Å². The Bertz CT molecular complexity index is 585. The van der Waals surface area contributed by atoms with E-state index in [9.17, 15) is 30.3 Å². The van der Waals surface area contributed by atoms with Crippen LogP contribution in [-0.2, 0) is 14.3 Å². The van der Waals surface area contributed by atoms with Gasteiger partial charge in [0.05, 0.1) is 19.3 Å². The van der Waals surface area contributed by atoms with Gasteiger partial charge in [-0.2, -0.15) is 0 Å². The zero-order chi connectivity index (χ0) is 29.4. The van der Waals surface area contributed by atoms with Crippen molar-refractivity contribution >= 4 is 5.78 Å². The number of unbranched alkanes of at least 4 members (excludes halogenated alkanes) is 18. The summed E-state index contributed by atoms with van der Waals surface area (Å²) in [5.41, 5.74) is 0. The molecule has 0 aromatic rings. The van der Waals surface area contributed by atoms with E-state index in [2.05, 4.69) is 0 Å². The lowest BCUT2D eigenvalue weighted by Crippen LogP contribution is -2.59. The summed E-state index contributed by atoms with van der Waals surface area (Å²) in [6, 6.07) is 0. The number of aliphatic hydroxyl groups is 5. The second-order valence-corrected chi connectivity index (χ2v) is 12.0. The maximum absolute atomic E-state index is 12.1. The van der Waals surface area contributed by atoms with E-state index in [1.807, 2.05) is 6.92 Å². The van der Waals surface area contributed by atoms with E-state index in [4.69, 9.17) is 9.47 Å². The van der Waals surface area contributed by atoms with Gasteiger partial charge in [0, 0.05) is 12.8 Å². The fourth-order valence-corrected chi connectivity index (χ4v) is 5.39. The number of carbonyl (C=O) groups excluding carboxylic acids is 1. The van der Waals surface area contributed by atoms with Gasteiger partial charge in [-0.15, -0.1) is 0 Å². The number of ketones is 1. The van der Waals surface area contributed by atoms with Gasteiger partial charge in [0.15, 0.2) is 6.29 Å². The second kappa shape index (κ2) is 24.9. The van der Waals surface area contributed by atoms with Gasteiger partial charge in [-0.3, -0.25) is 4.79 Å². The molecule has 0 aromatic carbocycles. The number of rotatable bonds is 27. The number of hydrogen-bond acceptors (Lipinski definition) is 8. The maximum Gasteiger partial charge on any atom is 0.186 e. The molecule has 1 aliphatic heterocycles. The van der Waals surface area contributed by atoms with Crippen LogP contribution in [0.15, 0.2) is 0 Å². The van der Waals surface area contributed by atoms with E-state index < -0.39 is 37.3 Å². The molecule has 0 radical (unpaired) electrons. The van der Waals surface area contributed by atoms with Crippen LogP contribution in [-0.4, -0.2) is 81.3 Å². The van der Waals surface area contributed by atoms with Crippen molar-refractivity contribution in [2.24, 2.45) is 0 Å². The molecule has 0 aromatic heterocycles. The molecule has 1 rings (SSSR count). The van der Waals surface area contributed by atoms with Gasteiger partial charge in [-0.05, 0) is 19.8 Å². The predicted molar refractivity (Wildman–Crippen MR) is 158 cm³/mol. The van der Waals surface area contributed by atoms with Crippen molar-refractivity contribution in [3.05, 3.63) is 0 Å². The SMILES string of the molecule is C[C@@H](O)CCCCCCCCCCCCCCCCCCCCCC(=O)CCO[C@@H]1O[C@H](CO)[C@@H](O)[C@H](O)[C@H]1O. The summed E-state index contributed by atoms with van der Waals surface area (Å²) in [6.45, 7) is 1.44. The fraction of sp³-hybridized carbons (Fsp3) is 0.969. The highest BCUT2D eigenvalue weighted by Crippen LogP contribution is 2.22. The monoisotopic (exact) mass is 574 g/mol. The molecule has 1 saturated heterocycles.